The lowest BCUT2D eigenvalue weighted by atomic mass is 10.3. The molecular formula is C16H14Cl2N2O4. The van der Waals surface area contributed by atoms with Gasteiger partial charge in [-0.25, -0.2) is 0 Å². The molecule has 126 valence electrons. The Morgan fingerprint density at radius 2 is 1.83 bits per heavy atom. The fourth-order valence-electron chi connectivity index (χ4n) is 1.75. The van der Waals surface area contributed by atoms with Gasteiger partial charge in [0.1, 0.15) is 11.5 Å². The summed E-state index contributed by atoms with van der Waals surface area (Å²) in [6.45, 7) is -0.486. The topological polar surface area (TPSA) is 90.7 Å². The second-order valence-corrected chi connectivity index (χ2v) is 5.54. The zero-order valence-corrected chi connectivity index (χ0v) is 13.9. The minimum atomic E-state index is -0.587. The van der Waals surface area contributed by atoms with Crippen LogP contribution >= 0.6 is 23.2 Å². The summed E-state index contributed by atoms with van der Waals surface area (Å²) in [6, 6.07) is 11.3. The molecule has 8 heteroatoms. The standard InChI is InChI=1S/C16H14Cl2N2O4/c17-10-4-5-13(18)14(6-10)24-9-16(22)20-11-2-1-3-12(7-11)23-8-15(19)21/h1-7H,8-9H2,(H2,19,21)(H,20,22). The van der Waals surface area contributed by atoms with Gasteiger partial charge in [-0.05, 0) is 24.3 Å². The first kappa shape index (κ1) is 17.9. The van der Waals surface area contributed by atoms with E-state index in [-0.39, 0.29) is 13.2 Å². The van der Waals surface area contributed by atoms with Crippen LogP contribution in [0.4, 0.5) is 5.69 Å². The van der Waals surface area contributed by atoms with Crippen LogP contribution in [0.5, 0.6) is 11.5 Å². The molecule has 0 bridgehead atoms. The van der Waals surface area contributed by atoms with Crippen molar-refractivity contribution in [1.29, 1.82) is 0 Å². The zero-order chi connectivity index (χ0) is 17.5. The predicted octanol–water partition coefficient (Wildman–Crippen LogP) is 2.88. The van der Waals surface area contributed by atoms with Crippen molar-refractivity contribution in [3.05, 3.63) is 52.5 Å². The minimum Gasteiger partial charge on any atom is -0.484 e. The summed E-state index contributed by atoms with van der Waals surface area (Å²) >= 11 is 11.8. The van der Waals surface area contributed by atoms with Crippen molar-refractivity contribution in [3.63, 3.8) is 0 Å². The van der Waals surface area contributed by atoms with E-state index in [1.807, 2.05) is 0 Å². The second-order valence-electron chi connectivity index (χ2n) is 4.69. The molecule has 2 aromatic rings. The number of carbonyl (C=O) groups is 2. The highest BCUT2D eigenvalue weighted by molar-refractivity contribution is 6.34. The van der Waals surface area contributed by atoms with E-state index in [1.54, 1.807) is 36.4 Å². The summed E-state index contributed by atoms with van der Waals surface area (Å²) in [6.07, 6.45) is 0. The maximum Gasteiger partial charge on any atom is 0.262 e. The number of carbonyl (C=O) groups excluding carboxylic acids is 2. The smallest absolute Gasteiger partial charge is 0.262 e. The predicted molar refractivity (Wildman–Crippen MR) is 91.7 cm³/mol. The number of rotatable bonds is 7. The lowest BCUT2D eigenvalue weighted by Gasteiger charge is -2.10. The maximum atomic E-state index is 11.9. The Bertz CT molecular complexity index is 753. The van der Waals surface area contributed by atoms with Gasteiger partial charge >= 0.3 is 0 Å². The third-order valence-electron chi connectivity index (χ3n) is 2.75. The summed E-state index contributed by atoms with van der Waals surface area (Å²) in [5.74, 6) is -0.252. The number of nitrogens with two attached hydrogens (primary N) is 1. The molecule has 0 aliphatic carbocycles. The monoisotopic (exact) mass is 368 g/mol. The number of amides is 2. The lowest BCUT2D eigenvalue weighted by Crippen LogP contribution is -2.21. The first-order valence-corrected chi connectivity index (χ1v) is 7.58. The summed E-state index contributed by atoms with van der Waals surface area (Å²) < 4.78 is 10.5. The minimum absolute atomic E-state index is 0.242. The Hall–Kier alpha value is -2.44. The second kappa shape index (κ2) is 8.42. The third-order valence-corrected chi connectivity index (χ3v) is 3.30. The van der Waals surface area contributed by atoms with Crippen molar-refractivity contribution >= 4 is 40.7 Å². The van der Waals surface area contributed by atoms with Crippen LogP contribution in [0.25, 0.3) is 0 Å². The van der Waals surface area contributed by atoms with Gasteiger partial charge < -0.3 is 20.5 Å². The van der Waals surface area contributed by atoms with E-state index in [1.165, 1.54) is 6.07 Å². The maximum absolute atomic E-state index is 11.9. The highest BCUT2D eigenvalue weighted by Crippen LogP contribution is 2.27. The van der Waals surface area contributed by atoms with Gasteiger partial charge in [0.25, 0.3) is 11.8 Å². The van der Waals surface area contributed by atoms with Gasteiger partial charge in [0.2, 0.25) is 0 Å². The zero-order valence-electron chi connectivity index (χ0n) is 12.4. The van der Waals surface area contributed by atoms with Gasteiger partial charge in [-0.15, -0.1) is 0 Å². The Morgan fingerprint density at radius 1 is 1.04 bits per heavy atom. The van der Waals surface area contributed by atoms with E-state index in [0.29, 0.717) is 27.2 Å². The van der Waals surface area contributed by atoms with Crippen LogP contribution in [0.2, 0.25) is 10.0 Å². The Labute approximate surface area is 148 Å². The van der Waals surface area contributed by atoms with E-state index in [9.17, 15) is 9.59 Å². The highest BCUT2D eigenvalue weighted by atomic mass is 35.5. The highest BCUT2D eigenvalue weighted by Gasteiger charge is 2.08. The number of hydrogen-bond acceptors (Lipinski definition) is 4. The molecule has 3 N–H and O–H groups in total. The molecule has 0 heterocycles. The number of ether oxygens (including phenoxy) is 2. The van der Waals surface area contributed by atoms with E-state index >= 15 is 0 Å². The quantitative estimate of drug-likeness (QED) is 0.785. The Balaban J connectivity index is 1.91. The SMILES string of the molecule is NC(=O)COc1cccc(NC(=O)COc2cc(Cl)ccc2Cl)c1. The van der Waals surface area contributed by atoms with Gasteiger partial charge in [-0.1, -0.05) is 29.3 Å². The number of nitrogens with one attached hydrogen (secondary N) is 1. The fraction of sp³-hybridized carbons (Fsp3) is 0.125. The first-order valence-electron chi connectivity index (χ1n) is 6.83. The number of hydrogen-bond donors (Lipinski definition) is 2. The van der Waals surface area contributed by atoms with Crippen LogP contribution in [0, 0.1) is 0 Å². The van der Waals surface area contributed by atoms with Crippen LogP contribution in [0.3, 0.4) is 0 Å². The molecule has 0 unspecified atom stereocenters. The molecule has 24 heavy (non-hydrogen) atoms. The van der Waals surface area contributed by atoms with Crippen molar-refractivity contribution < 1.29 is 19.1 Å². The van der Waals surface area contributed by atoms with E-state index in [2.05, 4.69) is 5.32 Å². The van der Waals surface area contributed by atoms with Crippen molar-refractivity contribution in [2.24, 2.45) is 5.73 Å². The van der Waals surface area contributed by atoms with Gasteiger partial charge in [0.15, 0.2) is 13.2 Å². The van der Waals surface area contributed by atoms with Gasteiger partial charge in [-0.2, -0.15) is 0 Å². The van der Waals surface area contributed by atoms with Crippen molar-refractivity contribution in [3.8, 4) is 11.5 Å². The molecule has 0 saturated heterocycles. The van der Waals surface area contributed by atoms with Crippen molar-refractivity contribution in [2.45, 2.75) is 0 Å². The summed E-state index contributed by atoms with van der Waals surface area (Å²) in [5, 5.41) is 3.45. The van der Waals surface area contributed by atoms with Crippen LogP contribution in [-0.4, -0.2) is 25.0 Å². The van der Waals surface area contributed by atoms with Crippen molar-refractivity contribution in [2.75, 3.05) is 18.5 Å². The summed E-state index contributed by atoms with van der Waals surface area (Å²) in [7, 11) is 0. The van der Waals surface area contributed by atoms with Crippen LogP contribution in [-0.2, 0) is 9.59 Å². The molecule has 0 fully saturated rings. The lowest BCUT2D eigenvalue weighted by molar-refractivity contribution is -0.120. The van der Waals surface area contributed by atoms with Crippen LogP contribution < -0.4 is 20.5 Å². The molecule has 0 aliphatic rings. The largest absolute Gasteiger partial charge is 0.484 e. The van der Waals surface area contributed by atoms with E-state index in [0.717, 1.165) is 0 Å². The molecular weight excluding hydrogens is 355 g/mol. The molecule has 2 aromatic carbocycles. The molecule has 0 aromatic heterocycles. The molecule has 2 amide bonds. The van der Waals surface area contributed by atoms with Gasteiger partial charge in [-0.3, -0.25) is 9.59 Å². The summed E-state index contributed by atoms with van der Waals surface area (Å²) in [4.78, 5) is 22.6. The van der Waals surface area contributed by atoms with Crippen LogP contribution in [0.15, 0.2) is 42.5 Å². The molecule has 2 rings (SSSR count). The molecule has 6 nitrogen and oxygen atoms in total. The Morgan fingerprint density at radius 3 is 2.58 bits per heavy atom. The van der Waals surface area contributed by atoms with Gasteiger partial charge in [0.05, 0.1) is 5.02 Å². The number of anilines is 1. The number of primary amides is 1. The van der Waals surface area contributed by atoms with Crippen molar-refractivity contribution in [1.82, 2.24) is 0 Å². The molecule has 0 spiro atoms. The number of benzene rings is 2. The fourth-order valence-corrected chi connectivity index (χ4v) is 2.08. The Kier molecular flexibility index (Phi) is 6.28. The van der Waals surface area contributed by atoms with Crippen LogP contribution in [0.1, 0.15) is 0 Å². The normalized spacial score (nSPS) is 10.1. The average Bonchev–Trinajstić information content (AvgIpc) is 2.54. The third kappa shape index (κ3) is 5.64. The molecule has 0 radical (unpaired) electrons. The van der Waals surface area contributed by atoms with Gasteiger partial charge in [0, 0.05) is 22.8 Å². The molecule has 0 aliphatic heterocycles. The molecule has 0 saturated carbocycles. The van der Waals surface area contributed by atoms with E-state index < -0.39 is 11.8 Å². The average molecular weight is 369 g/mol. The molecule has 0 atom stereocenters. The summed E-state index contributed by atoms with van der Waals surface area (Å²) in [5.41, 5.74) is 5.49. The van der Waals surface area contributed by atoms with E-state index in [4.69, 9.17) is 38.4 Å². The first-order chi connectivity index (χ1) is 11.4. The number of halogens is 2.